The third-order valence-corrected chi connectivity index (χ3v) is 3.50. The molecule has 0 aromatic heterocycles. The Hall–Kier alpha value is -1.65. The highest BCUT2D eigenvalue weighted by atomic mass is 16.7. The zero-order valence-electron chi connectivity index (χ0n) is 10.2. The van der Waals surface area contributed by atoms with Crippen molar-refractivity contribution in [3.05, 3.63) is 12.2 Å². The average Bonchev–Trinajstić information content (AvgIpc) is 2.89. The van der Waals surface area contributed by atoms with Crippen LogP contribution in [0.15, 0.2) is 17.3 Å². The van der Waals surface area contributed by atoms with E-state index in [0.29, 0.717) is 12.8 Å². The molecule has 0 aromatic rings. The van der Waals surface area contributed by atoms with Crippen molar-refractivity contribution in [2.45, 2.75) is 38.5 Å². The highest BCUT2D eigenvalue weighted by molar-refractivity contribution is 5.87. The summed E-state index contributed by atoms with van der Waals surface area (Å²) in [4.78, 5) is 27.8. The molecule has 0 aromatic carbocycles. The second kappa shape index (κ2) is 5.80. The van der Waals surface area contributed by atoms with Crippen LogP contribution in [0.25, 0.3) is 0 Å². The summed E-state index contributed by atoms with van der Waals surface area (Å²) in [6.07, 6.45) is 8.34. The third kappa shape index (κ3) is 2.97. The van der Waals surface area contributed by atoms with Crippen molar-refractivity contribution >= 4 is 17.7 Å². The minimum atomic E-state index is -0.949. The minimum Gasteiger partial charge on any atom is -0.481 e. The van der Waals surface area contributed by atoms with Crippen LogP contribution in [0.5, 0.6) is 0 Å². The third-order valence-electron chi connectivity index (χ3n) is 3.50. The fourth-order valence-corrected chi connectivity index (χ4v) is 2.40. The van der Waals surface area contributed by atoms with E-state index in [0.717, 1.165) is 31.4 Å². The van der Waals surface area contributed by atoms with Crippen molar-refractivity contribution in [1.29, 1.82) is 0 Å². The van der Waals surface area contributed by atoms with Gasteiger partial charge in [-0.05, 0) is 38.5 Å². The van der Waals surface area contributed by atoms with E-state index in [1.54, 1.807) is 6.08 Å². The van der Waals surface area contributed by atoms with E-state index in [2.05, 4.69) is 5.16 Å². The van der Waals surface area contributed by atoms with Gasteiger partial charge in [0.15, 0.2) is 0 Å². The van der Waals surface area contributed by atoms with Gasteiger partial charge in [0.25, 0.3) is 0 Å². The van der Waals surface area contributed by atoms with E-state index in [1.807, 2.05) is 6.08 Å². The highest BCUT2D eigenvalue weighted by Gasteiger charge is 2.35. The van der Waals surface area contributed by atoms with Gasteiger partial charge in [0.05, 0.1) is 17.5 Å². The lowest BCUT2D eigenvalue weighted by molar-refractivity contribution is -0.157. The highest BCUT2D eigenvalue weighted by Crippen LogP contribution is 2.27. The van der Waals surface area contributed by atoms with Crippen LogP contribution in [0.1, 0.15) is 38.5 Å². The first-order valence-corrected chi connectivity index (χ1v) is 6.33. The van der Waals surface area contributed by atoms with Crippen LogP contribution in [0.3, 0.4) is 0 Å². The maximum absolute atomic E-state index is 11.8. The number of hydrogen-bond donors (Lipinski definition) is 1. The molecule has 0 bridgehead atoms. The first kappa shape index (κ1) is 12.8. The summed E-state index contributed by atoms with van der Waals surface area (Å²) in [5.74, 6) is -2.77. The number of carboxylic acid groups (broad SMARTS) is 1. The number of hydrogen-bond acceptors (Lipinski definition) is 4. The Morgan fingerprint density at radius 3 is 2.39 bits per heavy atom. The molecule has 0 heterocycles. The van der Waals surface area contributed by atoms with Gasteiger partial charge < -0.3 is 9.94 Å². The smallest absolute Gasteiger partial charge is 0.339 e. The van der Waals surface area contributed by atoms with Crippen LogP contribution in [0.2, 0.25) is 0 Å². The molecule has 1 fully saturated rings. The fourth-order valence-electron chi connectivity index (χ4n) is 2.40. The summed E-state index contributed by atoms with van der Waals surface area (Å²) in [6, 6.07) is 0. The standard InChI is InChI=1S/C13H17NO4/c15-12(16)10-7-3-4-8-11(10)13(17)18-14-9-5-1-2-6-9/h3-4,10-11H,1-2,5-8H2,(H,15,16). The van der Waals surface area contributed by atoms with E-state index < -0.39 is 23.8 Å². The molecule has 2 rings (SSSR count). The number of oxime groups is 1. The van der Waals surface area contributed by atoms with Gasteiger partial charge >= 0.3 is 11.9 Å². The molecule has 0 aliphatic heterocycles. The number of allylic oxidation sites excluding steroid dienone is 2. The van der Waals surface area contributed by atoms with Crippen molar-refractivity contribution < 1.29 is 19.5 Å². The molecule has 5 heteroatoms. The second-order valence-electron chi connectivity index (χ2n) is 4.77. The zero-order chi connectivity index (χ0) is 13.0. The number of rotatable bonds is 3. The van der Waals surface area contributed by atoms with Gasteiger partial charge in [0.1, 0.15) is 0 Å². The Morgan fingerprint density at radius 2 is 1.78 bits per heavy atom. The largest absolute Gasteiger partial charge is 0.481 e. The van der Waals surface area contributed by atoms with Gasteiger partial charge in [0.2, 0.25) is 0 Å². The lowest BCUT2D eigenvalue weighted by Crippen LogP contribution is -2.31. The SMILES string of the molecule is O=C(O)C1CC=CCC1C(=O)ON=C1CCCC1. The minimum absolute atomic E-state index is 0.381. The fraction of sp³-hybridized carbons (Fsp3) is 0.615. The number of nitrogens with zero attached hydrogens (tertiary/aromatic N) is 1. The summed E-state index contributed by atoms with van der Waals surface area (Å²) in [5, 5.41) is 12.9. The van der Waals surface area contributed by atoms with Gasteiger partial charge in [-0.25, -0.2) is 4.79 Å². The van der Waals surface area contributed by atoms with Gasteiger partial charge in [-0.3, -0.25) is 4.79 Å². The lowest BCUT2D eigenvalue weighted by atomic mass is 9.83. The molecule has 2 aliphatic rings. The summed E-state index contributed by atoms with van der Waals surface area (Å²) < 4.78 is 0. The van der Waals surface area contributed by atoms with Crippen molar-refractivity contribution in [3.8, 4) is 0 Å². The quantitative estimate of drug-likeness (QED) is 0.473. The maximum Gasteiger partial charge on any atom is 0.339 e. The normalized spacial score (nSPS) is 27.0. The van der Waals surface area contributed by atoms with Crippen LogP contribution in [0, 0.1) is 11.8 Å². The van der Waals surface area contributed by atoms with Crippen molar-refractivity contribution in [2.75, 3.05) is 0 Å². The first-order valence-electron chi connectivity index (χ1n) is 6.33. The first-order chi connectivity index (χ1) is 8.68. The van der Waals surface area contributed by atoms with Crippen LogP contribution < -0.4 is 0 Å². The Bertz CT molecular complexity index is 392. The number of carboxylic acids is 1. The molecule has 0 spiro atoms. The van der Waals surface area contributed by atoms with Crippen molar-refractivity contribution in [2.24, 2.45) is 17.0 Å². The van der Waals surface area contributed by atoms with E-state index in [-0.39, 0.29) is 0 Å². The summed E-state index contributed by atoms with van der Waals surface area (Å²) in [6.45, 7) is 0. The predicted octanol–water partition coefficient (Wildman–Crippen LogP) is 2.13. The maximum atomic E-state index is 11.8. The molecule has 5 nitrogen and oxygen atoms in total. The summed E-state index contributed by atoms with van der Waals surface area (Å²) >= 11 is 0. The molecule has 2 atom stereocenters. The summed E-state index contributed by atoms with van der Waals surface area (Å²) in [7, 11) is 0. The van der Waals surface area contributed by atoms with E-state index in [9.17, 15) is 9.59 Å². The zero-order valence-corrected chi connectivity index (χ0v) is 10.2. The molecule has 0 saturated heterocycles. The van der Waals surface area contributed by atoms with Gasteiger partial charge in [-0.1, -0.05) is 17.3 Å². The molecular weight excluding hydrogens is 234 g/mol. The van der Waals surface area contributed by atoms with E-state index in [4.69, 9.17) is 9.94 Å². The Balaban J connectivity index is 1.96. The van der Waals surface area contributed by atoms with E-state index >= 15 is 0 Å². The average molecular weight is 251 g/mol. The molecular formula is C13H17NO4. The lowest BCUT2D eigenvalue weighted by Gasteiger charge is -2.21. The van der Waals surface area contributed by atoms with Crippen LogP contribution in [-0.2, 0) is 14.4 Å². The number of aliphatic carboxylic acids is 1. The number of carbonyl (C=O) groups is 2. The molecule has 1 saturated carbocycles. The second-order valence-corrected chi connectivity index (χ2v) is 4.77. The number of carbonyl (C=O) groups excluding carboxylic acids is 1. The van der Waals surface area contributed by atoms with Crippen LogP contribution in [0.4, 0.5) is 0 Å². The molecule has 0 amide bonds. The molecule has 18 heavy (non-hydrogen) atoms. The van der Waals surface area contributed by atoms with Crippen LogP contribution >= 0.6 is 0 Å². The van der Waals surface area contributed by atoms with Crippen molar-refractivity contribution in [3.63, 3.8) is 0 Å². The van der Waals surface area contributed by atoms with Crippen molar-refractivity contribution in [1.82, 2.24) is 0 Å². The Labute approximate surface area is 105 Å². The molecule has 1 N–H and O–H groups in total. The van der Waals surface area contributed by atoms with Gasteiger partial charge in [0, 0.05) is 0 Å². The van der Waals surface area contributed by atoms with Gasteiger partial charge in [-0.2, -0.15) is 0 Å². The Morgan fingerprint density at radius 1 is 1.17 bits per heavy atom. The predicted molar refractivity (Wildman–Crippen MR) is 65.0 cm³/mol. The summed E-state index contributed by atoms with van der Waals surface area (Å²) in [5.41, 5.74) is 0.904. The van der Waals surface area contributed by atoms with Crippen LogP contribution in [-0.4, -0.2) is 22.8 Å². The van der Waals surface area contributed by atoms with E-state index in [1.165, 1.54) is 0 Å². The van der Waals surface area contributed by atoms with Gasteiger partial charge in [-0.15, -0.1) is 0 Å². The molecule has 0 radical (unpaired) electrons. The molecule has 2 aliphatic carbocycles. The monoisotopic (exact) mass is 251 g/mol. The molecule has 98 valence electrons. The molecule has 2 unspecified atom stereocenters. The topological polar surface area (TPSA) is 76.0 Å². The Kier molecular flexibility index (Phi) is 4.12.